The number of esters is 1. The van der Waals surface area contributed by atoms with E-state index in [9.17, 15) is 19.7 Å². The summed E-state index contributed by atoms with van der Waals surface area (Å²) in [7, 11) is 2.52. The molecular formula is C11H11NO6. The van der Waals surface area contributed by atoms with E-state index < -0.39 is 10.9 Å². The lowest BCUT2D eigenvalue weighted by Gasteiger charge is -2.07. The van der Waals surface area contributed by atoms with E-state index in [-0.39, 0.29) is 29.0 Å². The number of nitro benzene ring substituents is 1. The van der Waals surface area contributed by atoms with E-state index in [2.05, 4.69) is 4.74 Å². The molecule has 0 saturated heterocycles. The van der Waals surface area contributed by atoms with Crippen LogP contribution in [-0.4, -0.2) is 31.4 Å². The largest absolute Gasteiger partial charge is 0.496 e. The standard InChI is InChI=1S/C11H11NO6/c1-17-10-4-7(5-11(14)18-2)9(12(15)16)3-8(10)6-13/h3-4,6H,5H2,1-2H3. The number of nitro groups is 1. The molecule has 1 aromatic carbocycles. The molecule has 0 bridgehead atoms. The van der Waals surface area contributed by atoms with Gasteiger partial charge in [0.15, 0.2) is 6.29 Å². The van der Waals surface area contributed by atoms with Crippen LogP contribution in [0.25, 0.3) is 0 Å². The lowest BCUT2D eigenvalue weighted by Crippen LogP contribution is -2.08. The number of nitrogens with zero attached hydrogens (tertiary/aromatic N) is 1. The quantitative estimate of drug-likeness (QED) is 0.338. The maximum Gasteiger partial charge on any atom is 0.310 e. The van der Waals surface area contributed by atoms with E-state index in [0.717, 1.165) is 6.07 Å². The van der Waals surface area contributed by atoms with E-state index >= 15 is 0 Å². The van der Waals surface area contributed by atoms with Gasteiger partial charge in [-0.25, -0.2) is 0 Å². The third-order valence-electron chi connectivity index (χ3n) is 2.32. The molecule has 0 aliphatic heterocycles. The molecule has 0 aliphatic carbocycles. The molecule has 0 radical (unpaired) electrons. The number of ether oxygens (including phenoxy) is 2. The van der Waals surface area contributed by atoms with Gasteiger partial charge in [-0.05, 0) is 6.07 Å². The molecule has 0 atom stereocenters. The molecule has 0 amide bonds. The number of hydrogen-bond acceptors (Lipinski definition) is 6. The van der Waals surface area contributed by atoms with E-state index in [1.807, 2.05) is 0 Å². The fourth-order valence-electron chi connectivity index (χ4n) is 1.43. The number of carbonyl (C=O) groups is 2. The summed E-state index contributed by atoms with van der Waals surface area (Å²) in [6.07, 6.45) is 0.191. The monoisotopic (exact) mass is 253 g/mol. The van der Waals surface area contributed by atoms with Gasteiger partial charge in [0, 0.05) is 11.6 Å². The lowest BCUT2D eigenvalue weighted by atomic mass is 10.1. The molecule has 96 valence electrons. The Morgan fingerprint density at radius 1 is 1.44 bits per heavy atom. The summed E-state index contributed by atoms with van der Waals surface area (Å²) in [5, 5.41) is 10.9. The van der Waals surface area contributed by atoms with Gasteiger partial charge in [0.1, 0.15) is 5.75 Å². The van der Waals surface area contributed by atoms with Crippen LogP contribution >= 0.6 is 0 Å². The van der Waals surface area contributed by atoms with Crippen molar-refractivity contribution in [1.29, 1.82) is 0 Å². The highest BCUT2D eigenvalue weighted by Crippen LogP contribution is 2.28. The molecule has 1 rings (SSSR count). The van der Waals surface area contributed by atoms with Crippen molar-refractivity contribution in [3.05, 3.63) is 33.4 Å². The number of benzene rings is 1. The second-order valence-electron chi connectivity index (χ2n) is 3.35. The zero-order valence-corrected chi connectivity index (χ0v) is 9.84. The number of aldehydes is 1. The normalized spacial score (nSPS) is 9.67. The predicted molar refractivity (Wildman–Crippen MR) is 60.8 cm³/mol. The van der Waals surface area contributed by atoms with Gasteiger partial charge in [0.05, 0.1) is 31.1 Å². The maximum atomic E-state index is 11.2. The maximum absolute atomic E-state index is 11.2. The summed E-state index contributed by atoms with van der Waals surface area (Å²) < 4.78 is 9.37. The van der Waals surface area contributed by atoms with E-state index in [0.29, 0.717) is 6.29 Å². The Labute approximate surface area is 102 Å². The van der Waals surface area contributed by atoms with Crippen LogP contribution in [0.15, 0.2) is 12.1 Å². The van der Waals surface area contributed by atoms with Crippen LogP contribution in [0.4, 0.5) is 5.69 Å². The average molecular weight is 253 g/mol. The molecule has 0 aliphatic rings. The first-order valence-electron chi connectivity index (χ1n) is 4.90. The highest BCUT2D eigenvalue weighted by atomic mass is 16.6. The predicted octanol–water partition coefficient (Wildman–Crippen LogP) is 1.13. The minimum atomic E-state index is -0.662. The summed E-state index contributed by atoms with van der Waals surface area (Å²) in [6, 6.07) is 2.36. The Bertz CT molecular complexity index is 497. The van der Waals surface area contributed by atoms with Gasteiger partial charge < -0.3 is 9.47 Å². The van der Waals surface area contributed by atoms with Crippen LogP contribution in [0, 0.1) is 10.1 Å². The number of rotatable bonds is 5. The molecule has 0 unspecified atom stereocenters. The van der Waals surface area contributed by atoms with Crippen molar-refractivity contribution in [2.45, 2.75) is 6.42 Å². The molecule has 1 aromatic rings. The van der Waals surface area contributed by atoms with Gasteiger partial charge in [-0.1, -0.05) is 0 Å². The van der Waals surface area contributed by atoms with Crippen molar-refractivity contribution in [3.63, 3.8) is 0 Å². The third kappa shape index (κ3) is 2.82. The van der Waals surface area contributed by atoms with Gasteiger partial charge in [-0.15, -0.1) is 0 Å². The van der Waals surface area contributed by atoms with E-state index in [1.54, 1.807) is 0 Å². The minimum Gasteiger partial charge on any atom is -0.496 e. The van der Waals surface area contributed by atoms with Gasteiger partial charge in [0.25, 0.3) is 5.69 Å². The number of methoxy groups -OCH3 is 2. The van der Waals surface area contributed by atoms with Crippen LogP contribution in [0.3, 0.4) is 0 Å². The van der Waals surface area contributed by atoms with Crippen LogP contribution in [0.1, 0.15) is 15.9 Å². The molecule has 0 aromatic heterocycles. The fraction of sp³-hybridized carbons (Fsp3) is 0.273. The Balaban J connectivity index is 3.33. The molecule has 7 nitrogen and oxygen atoms in total. The topological polar surface area (TPSA) is 95.7 Å². The van der Waals surface area contributed by atoms with E-state index in [1.165, 1.54) is 20.3 Å². The molecule has 0 fully saturated rings. The highest BCUT2D eigenvalue weighted by Gasteiger charge is 2.20. The second-order valence-corrected chi connectivity index (χ2v) is 3.35. The Kier molecular flexibility index (Phi) is 4.36. The van der Waals surface area contributed by atoms with Gasteiger partial charge in [-0.2, -0.15) is 0 Å². The van der Waals surface area contributed by atoms with Crippen LogP contribution in [0.2, 0.25) is 0 Å². The molecule has 7 heteroatoms. The minimum absolute atomic E-state index is 0.0535. The van der Waals surface area contributed by atoms with Gasteiger partial charge >= 0.3 is 5.97 Å². The van der Waals surface area contributed by atoms with Gasteiger partial charge in [0.2, 0.25) is 0 Å². The zero-order valence-electron chi connectivity index (χ0n) is 9.84. The van der Waals surface area contributed by atoms with Crippen LogP contribution in [-0.2, 0) is 16.0 Å². The Morgan fingerprint density at radius 2 is 2.11 bits per heavy atom. The van der Waals surface area contributed by atoms with Crippen molar-refractivity contribution in [3.8, 4) is 5.75 Å². The first-order valence-corrected chi connectivity index (χ1v) is 4.90. The van der Waals surface area contributed by atoms with Crippen molar-refractivity contribution in [2.75, 3.05) is 14.2 Å². The number of carbonyl (C=O) groups excluding carboxylic acids is 2. The number of hydrogen-bond donors (Lipinski definition) is 0. The summed E-state index contributed by atoms with van der Waals surface area (Å²) in [6.45, 7) is 0. The summed E-state index contributed by atoms with van der Waals surface area (Å²) in [5.74, 6) is -0.437. The van der Waals surface area contributed by atoms with Crippen molar-refractivity contribution >= 4 is 17.9 Å². The third-order valence-corrected chi connectivity index (χ3v) is 2.32. The lowest BCUT2D eigenvalue weighted by molar-refractivity contribution is -0.385. The van der Waals surface area contributed by atoms with Crippen molar-refractivity contribution in [1.82, 2.24) is 0 Å². The molecular weight excluding hydrogens is 242 g/mol. The fourth-order valence-corrected chi connectivity index (χ4v) is 1.43. The summed E-state index contributed by atoms with van der Waals surface area (Å²) in [4.78, 5) is 32.1. The van der Waals surface area contributed by atoms with Crippen molar-refractivity contribution < 1.29 is 24.0 Å². The summed E-state index contributed by atoms with van der Waals surface area (Å²) >= 11 is 0. The molecule has 0 spiro atoms. The Morgan fingerprint density at radius 3 is 2.56 bits per heavy atom. The van der Waals surface area contributed by atoms with Crippen LogP contribution in [0.5, 0.6) is 5.75 Å². The summed E-state index contributed by atoms with van der Waals surface area (Å²) in [5.41, 5.74) is -0.129. The smallest absolute Gasteiger partial charge is 0.310 e. The van der Waals surface area contributed by atoms with Crippen LogP contribution < -0.4 is 4.74 Å². The highest BCUT2D eigenvalue weighted by molar-refractivity contribution is 5.83. The van der Waals surface area contributed by atoms with Crippen molar-refractivity contribution in [2.24, 2.45) is 0 Å². The zero-order chi connectivity index (χ0) is 13.7. The van der Waals surface area contributed by atoms with E-state index in [4.69, 9.17) is 4.74 Å². The first kappa shape index (κ1) is 13.6. The molecule has 18 heavy (non-hydrogen) atoms. The Hall–Kier alpha value is -2.44. The SMILES string of the molecule is COC(=O)Cc1cc(OC)c(C=O)cc1[N+](=O)[O-]. The second kappa shape index (κ2) is 5.76. The molecule has 0 N–H and O–H groups in total. The molecule has 0 heterocycles. The average Bonchev–Trinajstić information content (AvgIpc) is 2.37. The van der Waals surface area contributed by atoms with Gasteiger partial charge in [-0.3, -0.25) is 19.7 Å². The molecule has 0 saturated carbocycles. The first-order chi connectivity index (χ1) is 8.53.